The highest BCUT2D eigenvalue weighted by Crippen LogP contribution is 2.41. The molecule has 1 heterocycles. The van der Waals surface area contributed by atoms with E-state index in [0.29, 0.717) is 44.6 Å². The lowest BCUT2D eigenvalue weighted by Crippen LogP contribution is -2.55. The number of amides is 2. The molecular weight excluding hydrogens is 387 g/mol. The fraction of sp³-hybridized carbons (Fsp3) is 0.652. The number of carbonyl (C=O) groups is 2. The van der Waals surface area contributed by atoms with Gasteiger partial charge >= 0.3 is 6.09 Å². The van der Waals surface area contributed by atoms with E-state index < -0.39 is 22.9 Å². The van der Waals surface area contributed by atoms with Crippen LogP contribution in [0.15, 0.2) is 24.3 Å². The van der Waals surface area contributed by atoms with E-state index in [1.54, 1.807) is 21.9 Å². The first-order valence-electron chi connectivity index (χ1n) is 10.8. The van der Waals surface area contributed by atoms with Crippen LogP contribution >= 0.6 is 0 Å². The Morgan fingerprint density at radius 3 is 2.23 bits per heavy atom. The zero-order chi connectivity index (χ0) is 21.9. The number of ether oxygens (including phenoxy) is 1. The minimum absolute atomic E-state index is 0.200. The van der Waals surface area contributed by atoms with Gasteiger partial charge in [-0.25, -0.2) is 9.18 Å². The average molecular weight is 421 g/mol. The van der Waals surface area contributed by atoms with Crippen molar-refractivity contribution in [1.82, 2.24) is 9.80 Å². The maximum Gasteiger partial charge on any atom is 0.410 e. The van der Waals surface area contributed by atoms with E-state index in [1.165, 1.54) is 12.1 Å². The van der Waals surface area contributed by atoms with Gasteiger partial charge in [-0.3, -0.25) is 4.79 Å². The molecule has 1 unspecified atom stereocenters. The van der Waals surface area contributed by atoms with Crippen LogP contribution in [-0.4, -0.2) is 64.3 Å². The van der Waals surface area contributed by atoms with Crippen LogP contribution in [0.2, 0.25) is 0 Å². The number of benzene rings is 1. The number of hydrogen-bond acceptors (Lipinski definition) is 4. The number of carbonyl (C=O) groups excluding carboxylic acids is 2. The lowest BCUT2D eigenvalue weighted by Gasteiger charge is -2.43. The molecule has 1 saturated carbocycles. The zero-order valence-corrected chi connectivity index (χ0v) is 18.2. The Balaban J connectivity index is 1.75. The van der Waals surface area contributed by atoms with Gasteiger partial charge in [0.15, 0.2) is 0 Å². The number of halogens is 1. The standard InChI is InChI=1S/C23H33FN2O4/c1-22(2,3)30-21(28)26-14-12-25(13-15-26)20(27)19(17-8-7-9-18(24)16-17)23(29)10-5-4-6-11-23/h7-9,16,19,29H,4-6,10-15H2,1-3H3. The Morgan fingerprint density at radius 2 is 1.67 bits per heavy atom. The Hall–Kier alpha value is -2.15. The molecule has 30 heavy (non-hydrogen) atoms. The summed E-state index contributed by atoms with van der Waals surface area (Å²) in [7, 11) is 0. The van der Waals surface area contributed by atoms with Crippen LogP contribution in [0.3, 0.4) is 0 Å². The number of rotatable bonds is 3. The normalized spacial score (nSPS) is 20.6. The van der Waals surface area contributed by atoms with E-state index in [1.807, 2.05) is 20.8 Å². The van der Waals surface area contributed by atoms with Crippen molar-refractivity contribution in [3.63, 3.8) is 0 Å². The maximum absolute atomic E-state index is 13.9. The van der Waals surface area contributed by atoms with Gasteiger partial charge in [0.25, 0.3) is 0 Å². The van der Waals surface area contributed by atoms with Gasteiger partial charge in [-0.05, 0) is 51.3 Å². The number of hydrogen-bond donors (Lipinski definition) is 1. The molecule has 1 atom stereocenters. The third kappa shape index (κ3) is 5.31. The second-order valence-corrected chi connectivity index (χ2v) is 9.44. The summed E-state index contributed by atoms with van der Waals surface area (Å²) in [5.41, 5.74) is -1.23. The molecule has 2 amide bonds. The molecular formula is C23H33FN2O4. The van der Waals surface area contributed by atoms with E-state index in [0.717, 1.165) is 19.3 Å². The summed E-state index contributed by atoms with van der Waals surface area (Å²) < 4.78 is 19.4. The van der Waals surface area contributed by atoms with Gasteiger partial charge in [0.1, 0.15) is 11.4 Å². The molecule has 6 nitrogen and oxygen atoms in total. The van der Waals surface area contributed by atoms with E-state index in [4.69, 9.17) is 4.74 Å². The first kappa shape index (κ1) is 22.5. The number of aliphatic hydroxyl groups is 1. The van der Waals surface area contributed by atoms with Crippen LogP contribution in [0.5, 0.6) is 0 Å². The molecule has 0 radical (unpaired) electrons. The molecule has 1 N–H and O–H groups in total. The van der Waals surface area contributed by atoms with E-state index in [9.17, 15) is 19.1 Å². The third-order valence-corrected chi connectivity index (χ3v) is 5.93. The molecule has 7 heteroatoms. The maximum atomic E-state index is 13.9. The van der Waals surface area contributed by atoms with Crippen molar-refractivity contribution in [3.05, 3.63) is 35.6 Å². The molecule has 1 aliphatic heterocycles. The molecule has 1 aliphatic carbocycles. The third-order valence-electron chi connectivity index (χ3n) is 5.93. The summed E-state index contributed by atoms with van der Waals surface area (Å²) in [4.78, 5) is 29.1. The first-order chi connectivity index (χ1) is 14.1. The van der Waals surface area contributed by atoms with Crippen molar-refractivity contribution in [3.8, 4) is 0 Å². The molecule has 0 bridgehead atoms. The highest BCUT2D eigenvalue weighted by molar-refractivity contribution is 5.85. The van der Waals surface area contributed by atoms with Crippen molar-refractivity contribution in [2.75, 3.05) is 26.2 Å². The van der Waals surface area contributed by atoms with E-state index in [-0.39, 0.29) is 12.0 Å². The highest BCUT2D eigenvalue weighted by Gasteiger charge is 2.45. The second-order valence-electron chi connectivity index (χ2n) is 9.44. The van der Waals surface area contributed by atoms with Crippen LogP contribution in [0.25, 0.3) is 0 Å². The van der Waals surface area contributed by atoms with Gasteiger partial charge < -0.3 is 19.6 Å². The van der Waals surface area contributed by atoms with Crippen molar-refractivity contribution < 1.29 is 23.8 Å². The quantitative estimate of drug-likeness (QED) is 0.810. The lowest BCUT2D eigenvalue weighted by molar-refractivity contribution is -0.143. The molecule has 1 saturated heterocycles. The lowest BCUT2D eigenvalue weighted by atomic mass is 9.72. The monoisotopic (exact) mass is 420 g/mol. The minimum atomic E-state index is -1.18. The molecule has 3 rings (SSSR count). The summed E-state index contributed by atoms with van der Waals surface area (Å²) in [6.45, 7) is 6.92. The largest absolute Gasteiger partial charge is 0.444 e. The fourth-order valence-electron chi connectivity index (χ4n) is 4.44. The summed E-state index contributed by atoms with van der Waals surface area (Å²) >= 11 is 0. The van der Waals surface area contributed by atoms with Crippen molar-refractivity contribution in [1.29, 1.82) is 0 Å². The molecule has 0 aromatic heterocycles. The summed E-state index contributed by atoms with van der Waals surface area (Å²) in [6, 6.07) is 5.99. The average Bonchev–Trinajstić information content (AvgIpc) is 2.67. The number of piperazine rings is 1. The highest BCUT2D eigenvalue weighted by atomic mass is 19.1. The van der Waals surface area contributed by atoms with Crippen molar-refractivity contribution in [2.24, 2.45) is 0 Å². The Kier molecular flexibility index (Phi) is 6.70. The molecule has 2 aliphatic rings. The Labute approximate surface area is 178 Å². The van der Waals surface area contributed by atoms with Crippen molar-refractivity contribution >= 4 is 12.0 Å². The van der Waals surface area contributed by atoms with Crippen LogP contribution in [0.4, 0.5) is 9.18 Å². The molecule has 1 aromatic carbocycles. The van der Waals surface area contributed by atoms with Crippen LogP contribution in [0, 0.1) is 5.82 Å². The van der Waals surface area contributed by atoms with Crippen molar-refractivity contribution in [2.45, 2.75) is 70.0 Å². The summed E-state index contributed by atoms with van der Waals surface area (Å²) in [6.07, 6.45) is 3.39. The summed E-state index contributed by atoms with van der Waals surface area (Å²) in [5, 5.41) is 11.4. The molecule has 1 aromatic rings. The van der Waals surface area contributed by atoms with Gasteiger partial charge in [-0.15, -0.1) is 0 Å². The second kappa shape index (κ2) is 8.92. The summed E-state index contributed by atoms with van der Waals surface area (Å²) in [5.74, 6) is -1.42. The molecule has 166 valence electrons. The van der Waals surface area contributed by atoms with E-state index >= 15 is 0 Å². The predicted molar refractivity (Wildman–Crippen MR) is 112 cm³/mol. The van der Waals surface area contributed by atoms with Crippen LogP contribution in [-0.2, 0) is 9.53 Å². The van der Waals surface area contributed by atoms with Gasteiger partial charge in [-0.2, -0.15) is 0 Å². The minimum Gasteiger partial charge on any atom is -0.444 e. The predicted octanol–water partition coefficient (Wildman–Crippen LogP) is 3.68. The zero-order valence-electron chi connectivity index (χ0n) is 18.2. The molecule has 0 spiro atoms. The van der Waals surface area contributed by atoms with Gasteiger partial charge in [0, 0.05) is 26.2 Å². The topological polar surface area (TPSA) is 70.1 Å². The SMILES string of the molecule is CC(C)(C)OC(=O)N1CCN(C(=O)C(c2cccc(F)c2)C2(O)CCCCC2)CC1. The number of nitrogens with zero attached hydrogens (tertiary/aromatic N) is 2. The van der Waals surface area contributed by atoms with Gasteiger partial charge in [-0.1, -0.05) is 31.4 Å². The first-order valence-corrected chi connectivity index (χ1v) is 10.8. The van der Waals surface area contributed by atoms with Gasteiger partial charge in [0.2, 0.25) is 5.91 Å². The van der Waals surface area contributed by atoms with E-state index in [2.05, 4.69) is 0 Å². The van der Waals surface area contributed by atoms with Gasteiger partial charge in [0.05, 0.1) is 11.5 Å². The molecule has 2 fully saturated rings. The Bertz CT molecular complexity index is 763. The Morgan fingerprint density at radius 1 is 1.07 bits per heavy atom. The van der Waals surface area contributed by atoms with Crippen LogP contribution < -0.4 is 0 Å². The van der Waals surface area contributed by atoms with Crippen LogP contribution in [0.1, 0.15) is 64.4 Å². The fourth-order valence-corrected chi connectivity index (χ4v) is 4.44. The smallest absolute Gasteiger partial charge is 0.410 e.